The Hall–Kier alpha value is -2.55. The molecule has 2 atom stereocenters. The summed E-state index contributed by atoms with van der Waals surface area (Å²) in [5.41, 5.74) is 0.316. The van der Waals surface area contributed by atoms with Crippen molar-refractivity contribution in [3.63, 3.8) is 0 Å². The van der Waals surface area contributed by atoms with Gasteiger partial charge in [-0.25, -0.2) is 18.8 Å². The van der Waals surface area contributed by atoms with Crippen molar-refractivity contribution >= 4 is 23.4 Å². The van der Waals surface area contributed by atoms with E-state index in [0.29, 0.717) is 24.4 Å². The molecule has 0 saturated carbocycles. The van der Waals surface area contributed by atoms with Gasteiger partial charge >= 0.3 is 0 Å². The van der Waals surface area contributed by atoms with Gasteiger partial charge in [-0.2, -0.15) is 0 Å². The van der Waals surface area contributed by atoms with E-state index in [1.807, 2.05) is 6.92 Å². The van der Waals surface area contributed by atoms with Crippen LogP contribution in [0.1, 0.15) is 51.0 Å². The Morgan fingerprint density at radius 3 is 2.93 bits per heavy atom. The minimum absolute atomic E-state index is 0.0878. The SMILES string of the molecule is CCCC[C@H](CN(O)C=O)C(=O)N1CCC[C@H]1c1nc2cc(F)c(F)cc2o1. The van der Waals surface area contributed by atoms with Gasteiger partial charge in [-0.05, 0) is 19.3 Å². The molecule has 7 nitrogen and oxygen atoms in total. The van der Waals surface area contributed by atoms with E-state index in [-0.39, 0.29) is 35.9 Å². The van der Waals surface area contributed by atoms with Gasteiger partial charge in [0.15, 0.2) is 17.2 Å². The first-order chi connectivity index (χ1) is 13.4. The van der Waals surface area contributed by atoms with Gasteiger partial charge in [0.1, 0.15) is 11.6 Å². The zero-order valence-electron chi connectivity index (χ0n) is 15.6. The maximum Gasteiger partial charge on any atom is 0.233 e. The van der Waals surface area contributed by atoms with Crippen molar-refractivity contribution in [2.75, 3.05) is 13.1 Å². The highest BCUT2D eigenvalue weighted by molar-refractivity contribution is 5.80. The number of hydrogen-bond donors (Lipinski definition) is 1. The number of likely N-dealkylation sites (tertiary alicyclic amines) is 1. The highest BCUT2D eigenvalue weighted by atomic mass is 19.2. The van der Waals surface area contributed by atoms with E-state index in [9.17, 15) is 23.6 Å². The summed E-state index contributed by atoms with van der Waals surface area (Å²) in [4.78, 5) is 29.7. The van der Waals surface area contributed by atoms with Crippen LogP contribution in [0.3, 0.4) is 0 Å². The number of unbranched alkanes of at least 4 members (excludes halogenated alkanes) is 1. The summed E-state index contributed by atoms with van der Waals surface area (Å²) in [6.07, 6.45) is 3.81. The maximum absolute atomic E-state index is 13.4. The van der Waals surface area contributed by atoms with E-state index in [1.54, 1.807) is 4.90 Å². The summed E-state index contributed by atoms with van der Waals surface area (Å²) < 4.78 is 32.5. The van der Waals surface area contributed by atoms with Crippen LogP contribution < -0.4 is 0 Å². The van der Waals surface area contributed by atoms with Crippen LogP contribution in [0.4, 0.5) is 8.78 Å². The molecule has 0 radical (unpaired) electrons. The summed E-state index contributed by atoms with van der Waals surface area (Å²) in [6.45, 7) is 2.39. The molecule has 0 spiro atoms. The third-order valence-electron chi connectivity index (χ3n) is 5.05. The molecule has 0 aliphatic carbocycles. The normalized spacial score (nSPS) is 17.9. The number of amides is 2. The molecule has 2 amide bonds. The van der Waals surface area contributed by atoms with Gasteiger partial charge in [-0.1, -0.05) is 19.8 Å². The molecule has 1 aromatic carbocycles. The lowest BCUT2D eigenvalue weighted by molar-refractivity contribution is -0.157. The highest BCUT2D eigenvalue weighted by Crippen LogP contribution is 2.35. The largest absolute Gasteiger partial charge is 0.438 e. The van der Waals surface area contributed by atoms with E-state index in [4.69, 9.17) is 4.42 Å². The number of benzene rings is 1. The zero-order valence-corrected chi connectivity index (χ0v) is 15.6. The fourth-order valence-electron chi connectivity index (χ4n) is 3.62. The van der Waals surface area contributed by atoms with Crippen molar-refractivity contribution in [2.24, 2.45) is 5.92 Å². The number of aromatic nitrogens is 1. The van der Waals surface area contributed by atoms with Crippen LogP contribution in [0, 0.1) is 17.6 Å². The fraction of sp³-hybridized carbons (Fsp3) is 0.526. The molecule has 152 valence electrons. The van der Waals surface area contributed by atoms with Crippen molar-refractivity contribution in [3.05, 3.63) is 29.7 Å². The van der Waals surface area contributed by atoms with Gasteiger partial charge in [0.05, 0.1) is 12.5 Å². The van der Waals surface area contributed by atoms with E-state index in [2.05, 4.69) is 4.98 Å². The Morgan fingerprint density at radius 2 is 2.21 bits per heavy atom. The van der Waals surface area contributed by atoms with E-state index in [0.717, 1.165) is 31.4 Å². The number of hydrogen-bond acceptors (Lipinski definition) is 5. The van der Waals surface area contributed by atoms with Crippen LogP contribution in [-0.2, 0) is 9.59 Å². The predicted molar refractivity (Wildman–Crippen MR) is 95.2 cm³/mol. The van der Waals surface area contributed by atoms with Crippen LogP contribution >= 0.6 is 0 Å². The summed E-state index contributed by atoms with van der Waals surface area (Å²) in [5.74, 6) is -2.54. The first-order valence-electron chi connectivity index (χ1n) is 9.41. The molecule has 9 heteroatoms. The molecule has 1 saturated heterocycles. The molecule has 1 aliphatic rings. The number of carbonyl (C=O) groups excluding carboxylic acids is 2. The van der Waals surface area contributed by atoms with E-state index < -0.39 is 23.6 Å². The standard InChI is InChI=1S/C19H23F2N3O4/c1-2-3-5-12(10-23(27)11-25)19(26)24-7-4-6-16(24)18-22-15-8-13(20)14(21)9-17(15)28-18/h8-9,11-12,16,27H,2-7,10H2,1H3/t12-,16+/m1/s1. The number of rotatable bonds is 8. The van der Waals surface area contributed by atoms with Crippen LogP contribution in [0.5, 0.6) is 0 Å². The molecule has 0 unspecified atom stereocenters. The average molecular weight is 395 g/mol. The third-order valence-corrected chi connectivity index (χ3v) is 5.05. The predicted octanol–water partition coefficient (Wildman–Crippen LogP) is 3.42. The lowest BCUT2D eigenvalue weighted by Gasteiger charge is -2.28. The van der Waals surface area contributed by atoms with Gasteiger partial charge in [0, 0.05) is 18.7 Å². The van der Waals surface area contributed by atoms with Gasteiger partial charge in [-0.15, -0.1) is 0 Å². The summed E-state index contributed by atoms with van der Waals surface area (Å²) >= 11 is 0. The number of hydroxylamine groups is 2. The monoisotopic (exact) mass is 395 g/mol. The molecule has 2 heterocycles. The first-order valence-corrected chi connectivity index (χ1v) is 9.41. The van der Waals surface area contributed by atoms with Gasteiger partial charge < -0.3 is 9.32 Å². The number of oxazole rings is 1. The second-order valence-electron chi connectivity index (χ2n) is 7.04. The Kier molecular flexibility index (Phi) is 6.23. The van der Waals surface area contributed by atoms with Crippen molar-refractivity contribution < 1.29 is 28.0 Å². The minimum Gasteiger partial charge on any atom is -0.438 e. The van der Waals surface area contributed by atoms with Crippen molar-refractivity contribution in [1.29, 1.82) is 0 Å². The third kappa shape index (κ3) is 4.14. The second-order valence-corrected chi connectivity index (χ2v) is 7.04. The van der Waals surface area contributed by atoms with Gasteiger partial charge in [-0.3, -0.25) is 14.8 Å². The minimum atomic E-state index is -1.02. The van der Waals surface area contributed by atoms with Crippen LogP contribution in [0.15, 0.2) is 16.5 Å². The second kappa shape index (κ2) is 8.64. The molecule has 1 N–H and O–H groups in total. The molecule has 1 fully saturated rings. The molecule has 0 bridgehead atoms. The van der Waals surface area contributed by atoms with Crippen LogP contribution in [0.2, 0.25) is 0 Å². The molecule has 2 aromatic rings. The van der Waals surface area contributed by atoms with Gasteiger partial charge in [0.25, 0.3) is 0 Å². The molecule has 28 heavy (non-hydrogen) atoms. The number of halogens is 2. The van der Waals surface area contributed by atoms with E-state index >= 15 is 0 Å². The Bertz CT molecular complexity index is 818. The quantitative estimate of drug-likeness (QED) is 0.420. The smallest absolute Gasteiger partial charge is 0.233 e. The molecular weight excluding hydrogens is 372 g/mol. The molecule has 3 rings (SSSR count). The van der Waals surface area contributed by atoms with Crippen LogP contribution in [-0.4, -0.2) is 45.6 Å². The topological polar surface area (TPSA) is 86.9 Å². The Balaban J connectivity index is 1.84. The highest BCUT2D eigenvalue weighted by Gasteiger charge is 2.37. The summed E-state index contributed by atoms with van der Waals surface area (Å²) in [6, 6.07) is 1.47. The summed E-state index contributed by atoms with van der Waals surface area (Å²) in [7, 11) is 0. The van der Waals surface area contributed by atoms with E-state index in [1.165, 1.54) is 0 Å². The zero-order chi connectivity index (χ0) is 20.3. The van der Waals surface area contributed by atoms with Crippen LogP contribution in [0.25, 0.3) is 11.1 Å². The average Bonchev–Trinajstić information content (AvgIpc) is 3.31. The number of nitrogens with zero attached hydrogens (tertiary/aromatic N) is 3. The van der Waals surface area contributed by atoms with Crippen molar-refractivity contribution in [3.8, 4) is 0 Å². The fourth-order valence-corrected chi connectivity index (χ4v) is 3.62. The van der Waals surface area contributed by atoms with Gasteiger partial charge in [0.2, 0.25) is 18.2 Å². The molecule has 1 aromatic heterocycles. The lowest BCUT2D eigenvalue weighted by atomic mass is 9.99. The number of carbonyl (C=O) groups is 2. The van der Waals surface area contributed by atoms with Crippen molar-refractivity contribution in [2.45, 2.75) is 45.1 Å². The maximum atomic E-state index is 13.4. The summed E-state index contributed by atoms with van der Waals surface area (Å²) in [5, 5.41) is 10.0. The Labute approximate surface area is 160 Å². The van der Waals surface area contributed by atoms with Crippen molar-refractivity contribution in [1.82, 2.24) is 14.9 Å². The number of fused-ring (bicyclic) bond motifs is 1. The lowest BCUT2D eigenvalue weighted by Crippen LogP contribution is -2.40. The Morgan fingerprint density at radius 1 is 1.46 bits per heavy atom. The first kappa shape index (κ1) is 20.2. The molecule has 1 aliphatic heterocycles. The molecular formula is C19H23F2N3O4.